The Morgan fingerprint density at radius 2 is 2.00 bits per heavy atom. The van der Waals surface area contributed by atoms with Gasteiger partial charge in [0.15, 0.2) is 0 Å². The molecule has 0 bridgehead atoms. The van der Waals surface area contributed by atoms with E-state index in [-0.39, 0.29) is 12.6 Å². The summed E-state index contributed by atoms with van der Waals surface area (Å²) in [7, 11) is 1.64. The van der Waals surface area contributed by atoms with Gasteiger partial charge >= 0.3 is 12.0 Å². The SMILES string of the molecule is COc1ccc2cc(CNC(=O)N3CCCC(C(=O)O)C3)ccc2c1. The number of hydrogen-bond acceptors (Lipinski definition) is 3. The van der Waals surface area contributed by atoms with Crippen LogP contribution in [0, 0.1) is 5.92 Å². The van der Waals surface area contributed by atoms with Crippen molar-refractivity contribution >= 4 is 22.8 Å². The van der Waals surface area contributed by atoms with Gasteiger partial charge in [-0.1, -0.05) is 18.2 Å². The van der Waals surface area contributed by atoms with Gasteiger partial charge in [-0.05, 0) is 47.4 Å². The van der Waals surface area contributed by atoms with Crippen molar-refractivity contribution in [3.63, 3.8) is 0 Å². The zero-order chi connectivity index (χ0) is 17.8. The van der Waals surface area contributed by atoms with Gasteiger partial charge in [0.1, 0.15) is 5.75 Å². The lowest BCUT2D eigenvalue weighted by molar-refractivity contribution is -0.143. The van der Waals surface area contributed by atoms with Gasteiger partial charge in [-0.3, -0.25) is 4.79 Å². The Morgan fingerprint density at radius 3 is 2.76 bits per heavy atom. The average molecular weight is 342 g/mol. The van der Waals surface area contributed by atoms with Crippen LogP contribution in [0.1, 0.15) is 18.4 Å². The lowest BCUT2D eigenvalue weighted by Crippen LogP contribution is -2.46. The summed E-state index contributed by atoms with van der Waals surface area (Å²) in [5, 5.41) is 14.2. The van der Waals surface area contributed by atoms with E-state index in [4.69, 9.17) is 9.84 Å². The lowest BCUT2D eigenvalue weighted by Gasteiger charge is -2.30. The number of ether oxygens (including phenoxy) is 1. The van der Waals surface area contributed by atoms with Gasteiger partial charge in [-0.25, -0.2) is 4.79 Å². The molecule has 1 atom stereocenters. The number of carbonyl (C=O) groups is 2. The number of amides is 2. The van der Waals surface area contributed by atoms with Crippen LogP contribution in [-0.4, -0.2) is 42.2 Å². The van der Waals surface area contributed by atoms with Crippen molar-refractivity contribution in [2.45, 2.75) is 19.4 Å². The maximum absolute atomic E-state index is 12.3. The van der Waals surface area contributed by atoms with Gasteiger partial charge < -0.3 is 20.1 Å². The fraction of sp³-hybridized carbons (Fsp3) is 0.368. The van der Waals surface area contributed by atoms with E-state index in [1.807, 2.05) is 36.4 Å². The smallest absolute Gasteiger partial charge is 0.317 e. The third-order valence-corrected chi connectivity index (χ3v) is 4.61. The summed E-state index contributed by atoms with van der Waals surface area (Å²) >= 11 is 0. The molecule has 0 radical (unpaired) electrons. The first kappa shape index (κ1) is 17.1. The summed E-state index contributed by atoms with van der Waals surface area (Å²) in [6.45, 7) is 1.29. The molecule has 1 fully saturated rings. The van der Waals surface area contributed by atoms with Crippen molar-refractivity contribution in [1.29, 1.82) is 0 Å². The molecule has 3 rings (SSSR count). The van der Waals surface area contributed by atoms with Crippen LogP contribution in [0.3, 0.4) is 0 Å². The van der Waals surface area contributed by atoms with Crippen molar-refractivity contribution in [1.82, 2.24) is 10.2 Å². The van der Waals surface area contributed by atoms with Crippen LogP contribution in [0.4, 0.5) is 4.79 Å². The van der Waals surface area contributed by atoms with Crippen LogP contribution in [0.25, 0.3) is 10.8 Å². The number of rotatable bonds is 4. The fourth-order valence-corrected chi connectivity index (χ4v) is 3.16. The van der Waals surface area contributed by atoms with Crippen molar-refractivity contribution in [2.24, 2.45) is 5.92 Å². The Morgan fingerprint density at radius 1 is 1.24 bits per heavy atom. The van der Waals surface area contributed by atoms with Crippen LogP contribution < -0.4 is 10.1 Å². The minimum atomic E-state index is -0.831. The number of benzene rings is 2. The summed E-state index contributed by atoms with van der Waals surface area (Å²) in [6, 6.07) is 11.7. The van der Waals surface area contributed by atoms with Crippen molar-refractivity contribution in [2.75, 3.05) is 20.2 Å². The van der Waals surface area contributed by atoms with E-state index >= 15 is 0 Å². The molecule has 1 aliphatic rings. The molecule has 0 aliphatic carbocycles. The Labute approximate surface area is 146 Å². The van der Waals surface area contributed by atoms with Gasteiger partial charge in [-0.15, -0.1) is 0 Å². The summed E-state index contributed by atoms with van der Waals surface area (Å²) in [5.74, 6) is -0.482. The summed E-state index contributed by atoms with van der Waals surface area (Å²) < 4.78 is 5.22. The maximum atomic E-state index is 12.3. The van der Waals surface area contributed by atoms with Crippen LogP contribution in [0.15, 0.2) is 36.4 Å². The largest absolute Gasteiger partial charge is 0.497 e. The predicted molar refractivity (Wildman–Crippen MR) is 94.7 cm³/mol. The molecule has 0 spiro atoms. The van der Waals surface area contributed by atoms with E-state index in [0.29, 0.717) is 19.5 Å². The van der Waals surface area contributed by atoms with E-state index in [1.54, 1.807) is 12.0 Å². The molecule has 132 valence electrons. The first-order valence-electron chi connectivity index (χ1n) is 8.39. The van der Waals surface area contributed by atoms with E-state index in [2.05, 4.69) is 5.32 Å². The number of carboxylic acid groups (broad SMARTS) is 1. The molecule has 1 saturated heterocycles. The second kappa shape index (κ2) is 7.42. The summed E-state index contributed by atoms with van der Waals surface area (Å²) in [6.07, 6.45) is 1.36. The Bertz CT molecular complexity index is 790. The minimum absolute atomic E-state index is 0.208. The Hall–Kier alpha value is -2.76. The molecular weight excluding hydrogens is 320 g/mol. The van der Waals surface area contributed by atoms with Crippen LogP contribution in [0.5, 0.6) is 5.75 Å². The minimum Gasteiger partial charge on any atom is -0.497 e. The van der Waals surface area contributed by atoms with E-state index in [0.717, 1.165) is 28.5 Å². The van der Waals surface area contributed by atoms with Gasteiger partial charge in [0, 0.05) is 19.6 Å². The predicted octanol–water partition coefficient (Wildman–Crippen LogP) is 2.85. The van der Waals surface area contributed by atoms with Crippen molar-refractivity contribution in [3.8, 4) is 5.75 Å². The number of methoxy groups -OCH3 is 1. The zero-order valence-electron chi connectivity index (χ0n) is 14.2. The van der Waals surface area contributed by atoms with Crippen molar-refractivity contribution in [3.05, 3.63) is 42.0 Å². The highest BCUT2D eigenvalue weighted by molar-refractivity contribution is 5.84. The molecule has 1 heterocycles. The highest BCUT2D eigenvalue weighted by Crippen LogP contribution is 2.22. The topological polar surface area (TPSA) is 78.9 Å². The van der Waals surface area contributed by atoms with Gasteiger partial charge in [0.25, 0.3) is 0 Å². The number of likely N-dealkylation sites (tertiary alicyclic amines) is 1. The van der Waals surface area contributed by atoms with E-state index in [1.165, 1.54) is 0 Å². The average Bonchev–Trinajstić information content (AvgIpc) is 2.65. The Kier molecular flexibility index (Phi) is 5.07. The standard InChI is InChI=1S/C19H22N2O4/c1-25-17-7-6-14-9-13(4-5-15(14)10-17)11-20-19(24)21-8-2-3-16(12-21)18(22)23/h4-7,9-10,16H,2-3,8,11-12H2,1H3,(H,20,24)(H,22,23). The number of nitrogens with one attached hydrogen (secondary N) is 1. The second-order valence-corrected chi connectivity index (χ2v) is 6.33. The monoisotopic (exact) mass is 342 g/mol. The lowest BCUT2D eigenvalue weighted by atomic mass is 9.99. The van der Waals surface area contributed by atoms with Crippen LogP contribution in [-0.2, 0) is 11.3 Å². The highest BCUT2D eigenvalue weighted by atomic mass is 16.5. The second-order valence-electron chi connectivity index (χ2n) is 6.33. The molecule has 1 unspecified atom stereocenters. The summed E-state index contributed by atoms with van der Waals surface area (Å²) in [5.41, 5.74) is 0.998. The number of hydrogen-bond donors (Lipinski definition) is 2. The first-order valence-corrected chi connectivity index (χ1v) is 8.39. The molecule has 25 heavy (non-hydrogen) atoms. The molecule has 6 heteroatoms. The third-order valence-electron chi connectivity index (χ3n) is 4.61. The number of piperidine rings is 1. The number of urea groups is 1. The molecule has 0 saturated carbocycles. The molecule has 6 nitrogen and oxygen atoms in total. The van der Waals surface area contributed by atoms with Crippen molar-refractivity contribution < 1.29 is 19.4 Å². The number of carboxylic acids is 1. The summed E-state index contributed by atoms with van der Waals surface area (Å²) in [4.78, 5) is 25.0. The maximum Gasteiger partial charge on any atom is 0.317 e. The molecule has 2 N–H and O–H groups in total. The van der Waals surface area contributed by atoms with Gasteiger partial charge in [-0.2, -0.15) is 0 Å². The van der Waals surface area contributed by atoms with Crippen LogP contribution >= 0.6 is 0 Å². The normalized spacial score (nSPS) is 17.3. The van der Waals surface area contributed by atoms with Gasteiger partial charge in [0.05, 0.1) is 13.0 Å². The molecular formula is C19H22N2O4. The zero-order valence-corrected chi connectivity index (χ0v) is 14.2. The Balaban J connectivity index is 1.62. The van der Waals surface area contributed by atoms with Crippen LogP contribution in [0.2, 0.25) is 0 Å². The third kappa shape index (κ3) is 4.02. The first-order chi connectivity index (χ1) is 12.1. The molecule has 1 aliphatic heterocycles. The number of nitrogens with zero attached hydrogens (tertiary/aromatic N) is 1. The molecule has 2 aromatic carbocycles. The quantitative estimate of drug-likeness (QED) is 0.895. The molecule has 2 amide bonds. The fourth-order valence-electron chi connectivity index (χ4n) is 3.16. The molecule has 2 aromatic rings. The molecule has 0 aromatic heterocycles. The highest BCUT2D eigenvalue weighted by Gasteiger charge is 2.27. The number of aliphatic carboxylic acids is 1. The van der Waals surface area contributed by atoms with E-state index < -0.39 is 11.9 Å². The van der Waals surface area contributed by atoms with E-state index in [9.17, 15) is 9.59 Å². The number of carbonyl (C=O) groups excluding carboxylic acids is 1. The number of fused-ring (bicyclic) bond motifs is 1. The van der Waals surface area contributed by atoms with Gasteiger partial charge in [0.2, 0.25) is 0 Å².